The van der Waals surface area contributed by atoms with Crippen molar-refractivity contribution in [3.05, 3.63) is 59.7 Å². The molecule has 3 amide bonds. The van der Waals surface area contributed by atoms with E-state index in [1.807, 2.05) is 41.3 Å². The van der Waals surface area contributed by atoms with Crippen molar-refractivity contribution in [1.82, 2.24) is 4.90 Å². The molecule has 0 spiro atoms. The number of thioether (sulfide) groups is 1. The highest BCUT2D eigenvalue weighted by molar-refractivity contribution is 8.00. The summed E-state index contributed by atoms with van der Waals surface area (Å²) < 4.78 is 0. The predicted octanol–water partition coefficient (Wildman–Crippen LogP) is 2.81. The third kappa shape index (κ3) is 4.45. The molecule has 0 radical (unpaired) electrons. The average molecular weight is 410 g/mol. The Balaban J connectivity index is 1.42. The van der Waals surface area contributed by atoms with Crippen molar-refractivity contribution < 1.29 is 14.4 Å². The van der Waals surface area contributed by atoms with Crippen LogP contribution in [-0.2, 0) is 16.1 Å². The van der Waals surface area contributed by atoms with Crippen molar-refractivity contribution in [2.24, 2.45) is 5.73 Å². The van der Waals surface area contributed by atoms with Crippen LogP contribution in [0, 0.1) is 0 Å². The zero-order valence-corrected chi connectivity index (χ0v) is 16.9. The van der Waals surface area contributed by atoms with Gasteiger partial charge >= 0.3 is 0 Å². The molecule has 2 aromatic carbocycles. The van der Waals surface area contributed by atoms with Gasteiger partial charge in [-0.15, -0.1) is 11.8 Å². The topological polar surface area (TPSA) is 83.7 Å². The fourth-order valence-electron chi connectivity index (χ4n) is 3.53. The molecule has 4 rings (SSSR count). The summed E-state index contributed by atoms with van der Waals surface area (Å²) in [6.45, 7) is 0.891. The van der Waals surface area contributed by atoms with Gasteiger partial charge in [0.2, 0.25) is 17.7 Å². The van der Waals surface area contributed by atoms with Crippen LogP contribution in [-0.4, -0.2) is 41.0 Å². The van der Waals surface area contributed by atoms with E-state index in [0.29, 0.717) is 30.8 Å². The van der Waals surface area contributed by atoms with Crippen molar-refractivity contribution >= 4 is 35.2 Å². The van der Waals surface area contributed by atoms with Gasteiger partial charge in [-0.2, -0.15) is 0 Å². The standard InChI is InChI=1S/C22H23N3O3S/c23-22(28)16-7-5-15(6-8-16)13-25(17-9-10-17)20(26)11-12-24-18-3-1-2-4-19(18)29-14-21(24)27/h1-8,17H,9-14H2,(H2,23,28). The number of amides is 3. The van der Waals surface area contributed by atoms with Crippen LogP contribution in [0.1, 0.15) is 35.2 Å². The molecule has 29 heavy (non-hydrogen) atoms. The summed E-state index contributed by atoms with van der Waals surface area (Å²) in [5, 5.41) is 0. The number of rotatable bonds is 7. The molecule has 1 saturated carbocycles. The second kappa shape index (κ2) is 8.29. The number of carbonyl (C=O) groups is 3. The molecular weight excluding hydrogens is 386 g/mol. The molecule has 2 N–H and O–H groups in total. The highest BCUT2D eigenvalue weighted by Gasteiger charge is 2.33. The van der Waals surface area contributed by atoms with Crippen LogP contribution in [0.15, 0.2) is 53.4 Å². The number of nitrogens with zero attached hydrogens (tertiary/aromatic N) is 2. The first kappa shape index (κ1) is 19.5. The van der Waals surface area contributed by atoms with Crippen LogP contribution in [0.3, 0.4) is 0 Å². The molecule has 1 fully saturated rings. The quantitative estimate of drug-likeness (QED) is 0.762. The van der Waals surface area contributed by atoms with Gasteiger partial charge in [0.25, 0.3) is 0 Å². The first-order valence-corrected chi connectivity index (χ1v) is 10.7. The number of anilines is 1. The summed E-state index contributed by atoms with van der Waals surface area (Å²) in [5.41, 5.74) is 7.60. The van der Waals surface area contributed by atoms with E-state index in [4.69, 9.17) is 5.73 Å². The normalized spacial score (nSPS) is 15.7. The van der Waals surface area contributed by atoms with Gasteiger partial charge in [-0.25, -0.2) is 0 Å². The molecule has 150 valence electrons. The SMILES string of the molecule is NC(=O)c1ccc(CN(C(=O)CCN2C(=O)CSc3ccccc32)C2CC2)cc1. The summed E-state index contributed by atoms with van der Waals surface area (Å²) in [5.74, 6) is 0.0387. The van der Waals surface area contributed by atoms with Gasteiger partial charge in [0.05, 0.1) is 11.4 Å². The van der Waals surface area contributed by atoms with Crippen molar-refractivity contribution in [3.63, 3.8) is 0 Å². The minimum atomic E-state index is -0.462. The maximum absolute atomic E-state index is 13.0. The van der Waals surface area contributed by atoms with Crippen LogP contribution in [0.2, 0.25) is 0 Å². The number of hydrogen-bond donors (Lipinski definition) is 1. The Hall–Kier alpha value is -2.80. The molecule has 0 saturated heterocycles. The van der Waals surface area contributed by atoms with Gasteiger partial charge in [-0.1, -0.05) is 24.3 Å². The third-order valence-corrected chi connectivity index (χ3v) is 6.30. The molecule has 2 aromatic rings. The maximum Gasteiger partial charge on any atom is 0.248 e. The summed E-state index contributed by atoms with van der Waals surface area (Å²) in [4.78, 5) is 41.3. The van der Waals surface area contributed by atoms with E-state index in [9.17, 15) is 14.4 Å². The van der Waals surface area contributed by atoms with Crippen LogP contribution in [0.5, 0.6) is 0 Å². The monoisotopic (exact) mass is 409 g/mol. The summed E-state index contributed by atoms with van der Waals surface area (Å²) in [6.07, 6.45) is 2.31. The van der Waals surface area contributed by atoms with E-state index in [0.717, 1.165) is 29.0 Å². The van der Waals surface area contributed by atoms with Gasteiger partial charge in [0.1, 0.15) is 0 Å². The van der Waals surface area contributed by atoms with E-state index in [1.54, 1.807) is 28.8 Å². The van der Waals surface area contributed by atoms with Gasteiger partial charge in [-0.05, 0) is 42.7 Å². The number of primary amides is 1. The smallest absolute Gasteiger partial charge is 0.248 e. The minimum Gasteiger partial charge on any atom is -0.366 e. The summed E-state index contributed by atoms with van der Waals surface area (Å²) >= 11 is 1.54. The zero-order valence-electron chi connectivity index (χ0n) is 16.0. The van der Waals surface area contributed by atoms with Crippen LogP contribution in [0.4, 0.5) is 5.69 Å². The fraction of sp³-hybridized carbons (Fsp3) is 0.318. The lowest BCUT2D eigenvalue weighted by Gasteiger charge is -2.30. The minimum absolute atomic E-state index is 0.0431. The Morgan fingerprint density at radius 1 is 1.10 bits per heavy atom. The van der Waals surface area contributed by atoms with E-state index in [2.05, 4.69) is 0 Å². The first-order valence-electron chi connectivity index (χ1n) is 9.73. The van der Waals surface area contributed by atoms with Crippen LogP contribution < -0.4 is 10.6 Å². The molecule has 1 aliphatic heterocycles. The Morgan fingerprint density at radius 3 is 2.52 bits per heavy atom. The molecule has 0 aromatic heterocycles. The number of para-hydroxylation sites is 1. The highest BCUT2D eigenvalue weighted by atomic mass is 32.2. The highest BCUT2D eigenvalue weighted by Crippen LogP contribution is 2.35. The number of nitrogens with two attached hydrogens (primary N) is 1. The number of hydrogen-bond acceptors (Lipinski definition) is 4. The number of carbonyl (C=O) groups excluding carboxylic acids is 3. The van der Waals surface area contributed by atoms with Crippen molar-refractivity contribution in [2.45, 2.75) is 36.7 Å². The van der Waals surface area contributed by atoms with Gasteiger partial charge in [0.15, 0.2) is 0 Å². The largest absolute Gasteiger partial charge is 0.366 e. The third-order valence-electron chi connectivity index (χ3n) is 5.26. The Labute approximate surface area is 174 Å². The van der Waals surface area contributed by atoms with E-state index in [1.165, 1.54) is 0 Å². The van der Waals surface area contributed by atoms with Crippen molar-refractivity contribution in [2.75, 3.05) is 17.2 Å². The maximum atomic E-state index is 13.0. The molecule has 1 heterocycles. The van der Waals surface area contributed by atoms with Crippen LogP contribution in [0.25, 0.3) is 0 Å². The molecule has 7 heteroatoms. The number of fused-ring (bicyclic) bond motifs is 1. The Morgan fingerprint density at radius 2 is 1.83 bits per heavy atom. The van der Waals surface area contributed by atoms with Crippen molar-refractivity contribution in [3.8, 4) is 0 Å². The van der Waals surface area contributed by atoms with Gasteiger partial charge < -0.3 is 15.5 Å². The molecular formula is C22H23N3O3S. The van der Waals surface area contributed by atoms with Gasteiger partial charge in [0, 0.05) is 36.0 Å². The molecule has 0 unspecified atom stereocenters. The average Bonchev–Trinajstić information content (AvgIpc) is 3.56. The first-order chi connectivity index (χ1) is 14.0. The van der Waals surface area contributed by atoms with Crippen LogP contribution >= 0.6 is 11.8 Å². The fourth-order valence-corrected chi connectivity index (χ4v) is 4.46. The van der Waals surface area contributed by atoms with E-state index >= 15 is 0 Å². The van der Waals surface area contributed by atoms with Crippen molar-refractivity contribution in [1.29, 1.82) is 0 Å². The lowest BCUT2D eigenvalue weighted by atomic mass is 10.1. The summed E-state index contributed by atoms with van der Waals surface area (Å²) in [6, 6.07) is 15.1. The molecule has 2 aliphatic rings. The van der Waals surface area contributed by atoms with E-state index in [-0.39, 0.29) is 17.9 Å². The Kier molecular flexibility index (Phi) is 5.58. The number of benzene rings is 2. The molecule has 1 aliphatic carbocycles. The zero-order chi connectivity index (χ0) is 20.4. The predicted molar refractivity (Wildman–Crippen MR) is 113 cm³/mol. The molecule has 0 atom stereocenters. The second-order valence-electron chi connectivity index (χ2n) is 7.37. The summed E-state index contributed by atoms with van der Waals surface area (Å²) in [7, 11) is 0. The second-order valence-corrected chi connectivity index (χ2v) is 8.38. The molecule has 6 nitrogen and oxygen atoms in total. The lowest BCUT2D eigenvalue weighted by molar-refractivity contribution is -0.132. The lowest BCUT2D eigenvalue weighted by Crippen LogP contribution is -2.40. The van der Waals surface area contributed by atoms with E-state index < -0.39 is 5.91 Å². The molecule has 0 bridgehead atoms. The Bertz CT molecular complexity index is 941. The van der Waals surface area contributed by atoms with Gasteiger partial charge in [-0.3, -0.25) is 14.4 Å².